The molecule has 3 rings (SSSR count). The number of nitrogens with zero attached hydrogens (tertiary/aromatic N) is 3. The van der Waals surface area contributed by atoms with Gasteiger partial charge in [0.25, 0.3) is 0 Å². The Balaban J connectivity index is 1.88. The number of thioether (sulfide) groups is 1. The number of nitrogens with two attached hydrogens (primary N) is 1. The Hall–Kier alpha value is -3.44. The number of esters is 1. The summed E-state index contributed by atoms with van der Waals surface area (Å²) in [5.41, 5.74) is 6.46. The number of ether oxygens (including phenoxy) is 1. The summed E-state index contributed by atoms with van der Waals surface area (Å²) in [7, 11) is 1.67. The van der Waals surface area contributed by atoms with E-state index in [9.17, 15) is 9.59 Å². The third kappa shape index (κ3) is 4.58. The van der Waals surface area contributed by atoms with Gasteiger partial charge in [0.2, 0.25) is 5.95 Å². The highest BCUT2D eigenvalue weighted by molar-refractivity contribution is 8.03. The monoisotopic (exact) mass is 448 g/mol. The van der Waals surface area contributed by atoms with E-state index in [-0.39, 0.29) is 27.2 Å². The maximum Gasteiger partial charge on any atom is 0.409 e. The van der Waals surface area contributed by atoms with Crippen LogP contribution in [-0.2, 0) is 4.79 Å². The van der Waals surface area contributed by atoms with Crippen molar-refractivity contribution in [3.8, 4) is 5.75 Å². The predicted octanol–water partition coefficient (Wildman–Crippen LogP) is 2.99. The largest absolute Gasteiger partial charge is 0.465 e. The number of anilines is 2. The Kier molecular flexibility index (Phi) is 6.33. The van der Waals surface area contributed by atoms with Crippen LogP contribution in [0.2, 0.25) is 5.02 Å². The van der Waals surface area contributed by atoms with Crippen LogP contribution in [-0.4, -0.2) is 39.1 Å². The van der Waals surface area contributed by atoms with E-state index in [0.29, 0.717) is 11.6 Å². The summed E-state index contributed by atoms with van der Waals surface area (Å²) in [5, 5.41) is 13.9. The number of halogens is 1. The molecule has 0 radical (unpaired) electrons. The molecule has 1 aliphatic rings. The fraction of sp³-hybridized carbons (Fsp3) is 0.111. The third-order valence-corrected chi connectivity index (χ3v) is 5.43. The Bertz CT molecular complexity index is 1050. The van der Waals surface area contributed by atoms with E-state index in [4.69, 9.17) is 27.2 Å². The molecular formula is C18H17ClN6O4S. The molecule has 2 heterocycles. The molecule has 0 spiro atoms. The maximum atomic E-state index is 12.7. The lowest BCUT2D eigenvalue weighted by Crippen LogP contribution is -2.26. The third-order valence-electron chi connectivity index (χ3n) is 3.87. The van der Waals surface area contributed by atoms with Gasteiger partial charge in [-0.2, -0.15) is 0 Å². The molecule has 0 aliphatic carbocycles. The number of nitrogen functional groups attached to an aromatic ring is 1. The molecule has 0 bridgehead atoms. The smallest absolute Gasteiger partial charge is 0.409 e. The first-order valence-corrected chi connectivity index (χ1v) is 9.68. The second kappa shape index (κ2) is 8.93. The van der Waals surface area contributed by atoms with Crippen molar-refractivity contribution in [2.24, 2.45) is 0 Å². The van der Waals surface area contributed by atoms with Crippen LogP contribution < -0.4 is 21.1 Å². The first kappa shape index (κ1) is 21.3. The van der Waals surface area contributed by atoms with Gasteiger partial charge in [0.1, 0.15) is 16.1 Å². The lowest BCUT2D eigenvalue weighted by atomic mass is 10.3. The van der Waals surface area contributed by atoms with Crippen molar-refractivity contribution in [2.75, 3.05) is 18.1 Å². The van der Waals surface area contributed by atoms with Gasteiger partial charge in [-0.3, -0.25) is 5.32 Å². The molecule has 10 nitrogen and oxygen atoms in total. The number of nitrogens with one attached hydrogen (secondary N) is 2. The summed E-state index contributed by atoms with van der Waals surface area (Å²) in [6.45, 7) is 3.80. The quantitative estimate of drug-likeness (QED) is 0.225. The number of hydrogen-bond donors (Lipinski definition) is 4. The number of amides is 1. The molecule has 1 unspecified atom stereocenters. The molecule has 2 aromatic rings. The van der Waals surface area contributed by atoms with Gasteiger partial charge in [0, 0.05) is 19.4 Å². The van der Waals surface area contributed by atoms with Crippen LogP contribution in [0.5, 0.6) is 5.75 Å². The van der Waals surface area contributed by atoms with Crippen LogP contribution in [0.15, 0.2) is 54.0 Å². The van der Waals surface area contributed by atoms with E-state index in [2.05, 4.69) is 27.2 Å². The van der Waals surface area contributed by atoms with E-state index >= 15 is 0 Å². The number of aromatic nitrogens is 2. The van der Waals surface area contributed by atoms with Crippen LogP contribution in [0.25, 0.3) is 0 Å². The summed E-state index contributed by atoms with van der Waals surface area (Å²) >= 11 is 7.22. The molecule has 1 aliphatic heterocycles. The zero-order valence-corrected chi connectivity index (χ0v) is 17.2. The summed E-state index contributed by atoms with van der Waals surface area (Å²) in [5.74, 6) is -0.338. The number of carbonyl (C=O) groups excluding carboxylic acids is 1. The lowest BCUT2D eigenvalue weighted by molar-refractivity contribution is -0.131. The van der Waals surface area contributed by atoms with Gasteiger partial charge < -0.3 is 25.8 Å². The fourth-order valence-electron chi connectivity index (χ4n) is 2.49. The standard InChI is InChI=1S/C18H17ClN6O4S/c1-9(16(26)29-12-5-3-4-10(20)14(12)19)25-8-13(24-18(27)28)30-15(25)11-6-7-22-17(21-2)23-11/h3-8,15,24H,1,20H2,2H3,(H,27,28)(H,21,22,23). The normalized spacial score (nSPS) is 15.3. The fourth-order valence-corrected chi connectivity index (χ4v) is 3.77. The van der Waals surface area contributed by atoms with Crippen LogP contribution >= 0.6 is 23.4 Å². The molecule has 0 saturated carbocycles. The van der Waals surface area contributed by atoms with Crippen molar-refractivity contribution in [1.29, 1.82) is 0 Å². The van der Waals surface area contributed by atoms with Gasteiger partial charge in [-0.15, -0.1) is 0 Å². The molecule has 30 heavy (non-hydrogen) atoms. The number of benzene rings is 1. The predicted molar refractivity (Wildman–Crippen MR) is 114 cm³/mol. The van der Waals surface area contributed by atoms with Crippen molar-refractivity contribution in [1.82, 2.24) is 20.2 Å². The minimum Gasteiger partial charge on any atom is -0.465 e. The average Bonchev–Trinajstić information content (AvgIpc) is 3.13. The van der Waals surface area contributed by atoms with E-state index < -0.39 is 17.4 Å². The molecule has 0 saturated heterocycles. The molecular weight excluding hydrogens is 432 g/mol. The Morgan fingerprint density at radius 1 is 1.40 bits per heavy atom. The number of hydrogen-bond acceptors (Lipinski definition) is 9. The highest BCUT2D eigenvalue weighted by Crippen LogP contribution is 2.44. The summed E-state index contributed by atoms with van der Waals surface area (Å²) in [4.78, 5) is 33.6. The molecule has 1 aromatic heterocycles. The zero-order chi connectivity index (χ0) is 21.8. The topological polar surface area (TPSA) is 143 Å². The van der Waals surface area contributed by atoms with Gasteiger partial charge in [-0.1, -0.05) is 36.0 Å². The maximum absolute atomic E-state index is 12.7. The SMILES string of the molecule is C=C(C(=O)Oc1cccc(N)c1Cl)N1C=C(NC(=O)O)SC1c1ccnc(NC)n1. The van der Waals surface area contributed by atoms with Crippen molar-refractivity contribution in [3.63, 3.8) is 0 Å². The van der Waals surface area contributed by atoms with Gasteiger partial charge in [-0.25, -0.2) is 19.6 Å². The van der Waals surface area contributed by atoms with Crippen molar-refractivity contribution in [3.05, 3.63) is 64.7 Å². The molecule has 1 atom stereocenters. The molecule has 0 fully saturated rings. The van der Waals surface area contributed by atoms with E-state index in [1.165, 1.54) is 17.2 Å². The number of carbonyl (C=O) groups is 2. The van der Waals surface area contributed by atoms with Crippen molar-refractivity contribution < 1.29 is 19.4 Å². The van der Waals surface area contributed by atoms with Crippen LogP contribution in [0.4, 0.5) is 16.4 Å². The Morgan fingerprint density at radius 2 is 2.17 bits per heavy atom. The summed E-state index contributed by atoms with van der Waals surface area (Å²) in [6, 6.07) is 6.31. The van der Waals surface area contributed by atoms with E-state index in [1.54, 1.807) is 31.4 Å². The van der Waals surface area contributed by atoms with E-state index in [1.807, 2.05) is 0 Å². The van der Waals surface area contributed by atoms with Gasteiger partial charge in [-0.05, 0) is 18.2 Å². The van der Waals surface area contributed by atoms with E-state index in [0.717, 1.165) is 11.8 Å². The van der Waals surface area contributed by atoms with Crippen LogP contribution in [0.3, 0.4) is 0 Å². The zero-order valence-electron chi connectivity index (χ0n) is 15.6. The second-order valence-electron chi connectivity index (χ2n) is 5.85. The first-order chi connectivity index (χ1) is 14.3. The van der Waals surface area contributed by atoms with Gasteiger partial charge in [0.15, 0.2) is 5.75 Å². The minimum atomic E-state index is -1.24. The molecule has 1 aromatic carbocycles. The summed E-state index contributed by atoms with van der Waals surface area (Å²) < 4.78 is 5.33. The first-order valence-electron chi connectivity index (χ1n) is 8.42. The highest BCUT2D eigenvalue weighted by atomic mass is 35.5. The van der Waals surface area contributed by atoms with Gasteiger partial charge in [0.05, 0.1) is 16.4 Å². The Labute approximate surface area is 180 Å². The minimum absolute atomic E-state index is 0.0576. The molecule has 12 heteroatoms. The molecule has 1 amide bonds. The second-order valence-corrected chi connectivity index (χ2v) is 7.35. The Morgan fingerprint density at radius 3 is 2.87 bits per heavy atom. The lowest BCUT2D eigenvalue weighted by Gasteiger charge is -2.24. The molecule has 156 valence electrons. The molecule has 5 N–H and O–H groups in total. The summed E-state index contributed by atoms with van der Waals surface area (Å²) in [6.07, 6.45) is 1.74. The van der Waals surface area contributed by atoms with Crippen molar-refractivity contribution in [2.45, 2.75) is 5.37 Å². The average molecular weight is 449 g/mol. The van der Waals surface area contributed by atoms with Crippen LogP contribution in [0, 0.1) is 0 Å². The van der Waals surface area contributed by atoms with Crippen molar-refractivity contribution >= 4 is 47.1 Å². The number of carboxylic acid groups (broad SMARTS) is 1. The number of rotatable bonds is 6. The van der Waals surface area contributed by atoms with Crippen LogP contribution in [0.1, 0.15) is 11.1 Å². The van der Waals surface area contributed by atoms with Gasteiger partial charge >= 0.3 is 12.1 Å². The highest BCUT2D eigenvalue weighted by Gasteiger charge is 2.34.